The lowest BCUT2D eigenvalue weighted by atomic mass is 10.3. The quantitative estimate of drug-likeness (QED) is 0.882. The number of halogens is 2. The Kier molecular flexibility index (Phi) is 5.34. The molecule has 0 aromatic heterocycles. The number of nitrogens with zero attached hydrogens (tertiary/aromatic N) is 1. The van der Waals surface area contributed by atoms with Crippen molar-refractivity contribution in [2.75, 3.05) is 33.4 Å². The third-order valence-electron chi connectivity index (χ3n) is 3.06. The van der Waals surface area contributed by atoms with Crippen LogP contribution in [0.5, 0.6) is 5.75 Å². The molecule has 0 bridgehead atoms. The second kappa shape index (κ2) is 6.68. The molecule has 118 valence electrons. The molecule has 21 heavy (non-hydrogen) atoms. The molecule has 9 heteroatoms. The lowest BCUT2D eigenvalue weighted by molar-refractivity contribution is -0.0403. The van der Waals surface area contributed by atoms with Crippen LogP contribution in [-0.2, 0) is 14.8 Å². The Morgan fingerprint density at radius 3 is 2.76 bits per heavy atom. The zero-order valence-electron chi connectivity index (χ0n) is 11.4. The Morgan fingerprint density at radius 2 is 2.14 bits per heavy atom. The van der Waals surface area contributed by atoms with Crippen molar-refractivity contribution in [2.45, 2.75) is 11.0 Å². The van der Waals surface area contributed by atoms with Gasteiger partial charge in [0.1, 0.15) is 23.4 Å². The van der Waals surface area contributed by atoms with Crippen molar-refractivity contribution >= 4 is 33.2 Å². The van der Waals surface area contributed by atoms with E-state index in [0.717, 1.165) is 13.1 Å². The minimum Gasteiger partial charge on any atom is -0.489 e. The van der Waals surface area contributed by atoms with E-state index in [2.05, 4.69) is 4.90 Å². The molecule has 0 spiro atoms. The van der Waals surface area contributed by atoms with E-state index in [1.54, 1.807) is 0 Å². The average Bonchev–Trinajstić information content (AvgIpc) is 2.38. The van der Waals surface area contributed by atoms with Crippen LogP contribution in [0.15, 0.2) is 17.0 Å². The highest BCUT2D eigenvalue weighted by Gasteiger charge is 2.20. The number of primary sulfonamides is 1. The van der Waals surface area contributed by atoms with Crippen LogP contribution in [0.4, 0.5) is 0 Å². The van der Waals surface area contributed by atoms with Gasteiger partial charge in [-0.1, -0.05) is 23.2 Å². The van der Waals surface area contributed by atoms with Gasteiger partial charge in [-0.25, -0.2) is 13.6 Å². The van der Waals surface area contributed by atoms with Gasteiger partial charge in [0.2, 0.25) is 10.0 Å². The number of nitrogens with two attached hydrogens (primary N) is 1. The maximum absolute atomic E-state index is 11.3. The molecule has 6 nitrogen and oxygen atoms in total. The number of likely N-dealkylation sites (N-methyl/N-ethyl adjacent to an activating group) is 1. The normalized spacial score (nSPS) is 20.5. The fraction of sp³-hybridized carbons (Fsp3) is 0.500. The Balaban J connectivity index is 2.09. The summed E-state index contributed by atoms with van der Waals surface area (Å²) < 4.78 is 33.8. The number of sulfonamides is 1. The molecule has 1 aliphatic heterocycles. The molecule has 0 radical (unpaired) electrons. The highest BCUT2D eigenvalue weighted by molar-refractivity contribution is 7.89. The van der Waals surface area contributed by atoms with Crippen molar-refractivity contribution in [3.63, 3.8) is 0 Å². The van der Waals surface area contributed by atoms with Crippen molar-refractivity contribution in [1.82, 2.24) is 4.90 Å². The maximum Gasteiger partial charge on any atom is 0.239 e. The summed E-state index contributed by atoms with van der Waals surface area (Å²) in [5.41, 5.74) is 0. The minimum atomic E-state index is -3.92. The molecule has 2 N–H and O–H groups in total. The SMILES string of the molecule is CN1CCOC(COc2cc(Cl)c(S(N)(=O)=O)cc2Cl)C1. The van der Waals surface area contributed by atoms with Gasteiger partial charge in [-0.2, -0.15) is 0 Å². The lowest BCUT2D eigenvalue weighted by Crippen LogP contribution is -2.42. The van der Waals surface area contributed by atoms with E-state index in [0.29, 0.717) is 19.0 Å². The summed E-state index contributed by atoms with van der Waals surface area (Å²) in [4.78, 5) is 1.91. The highest BCUT2D eigenvalue weighted by Crippen LogP contribution is 2.33. The first-order chi connectivity index (χ1) is 9.77. The van der Waals surface area contributed by atoms with Crippen LogP contribution in [-0.4, -0.2) is 52.8 Å². The van der Waals surface area contributed by atoms with E-state index in [-0.39, 0.29) is 21.0 Å². The molecule has 1 heterocycles. The predicted octanol–water partition coefficient (Wildman–Crippen LogP) is 1.35. The fourth-order valence-electron chi connectivity index (χ4n) is 1.99. The smallest absolute Gasteiger partial charge is 0.239 e. The van der Waals surface area contributed by atoms with Crippen molar-refractivity contribution in [3.05, 3.63) is 22.2 Å². The van der Waals surface area contributed by atoms with E-state index in [4.69, 9.17) is 37.8 Å². The molecule has 2 rings (SSSR count). The average molecular weight is 355 g/mol. The molecule has 1 unspecified atom stereocenters. The summed E-state index contributed by atoms with van der Waals surface area (Å²) in [6, 6.07) is 2.53. The van der Waals surface area contributed by atoms with Crippen molar-refractivity contribution in [1.29, 1.82) is 0 Å². The molecule has 1 fully saturated rings. The summed E-state index contributed by atoms with van der Waals surface area (Å²) in [5.74, 6) is 0.297. The molecule has 1 saturated heterocycles. The van der Waals surface area contributed by atoms with E-state index < -0.39 is 10.0 Å². The zero-order valence-corrected chi connectivity index (χ0v) is 13.7. The van der Waals surface area contributed by atoms with Gasteiger partial charge in [-0.15, -0.1) is 0 Å². The first-order valence-electron chi connectivity index (χ1n) is 6.22. The summed E-state index contributed by atoms with van der Waals surface area (Å²) in [6.45, 7) is 2.57. The number of rotatable bonds is 4. The van der Waals surface area contributed by atoms with Gasteiger partial charge in [-0.05, 0) is 13.1 Å². The molecular formula is C12H16Cl2N2O4S. The molecule has 1 aromatic rings. The largest absolute Gasteiger partial charge is 0.489 e. The Morgan fingerprint density at radius 1 is 1.43 bits per heavy atom. The van der Waals surface area contributed by atoms with Gasteiger partial charge in [0.15, 0.2) is 0 Å². The van der Waals surface area contributed by atoms with Gasteiger partial charge in [-0.3, -0.25) is 0 Å². The second-order valence-corrected chi connectivity index (χ2v) is 7.17. The number of morpholine rings is 1. The maximum atomic E-state index is 11.3. The van der Waals surface area contributed by atoms with E-state index in [1.807, 2.05) is 7.05 Å². The molecule has 1 aliphatic rings. The van der Waals surface area contributed by atoms with Gasteiger partial charge in [0.05, 0.1) is 16.7 Å². The zero-order chi connectivity index (χ0) is 15.6. The van der Waals surface area contributed by atoms with Crippen molar-refractivity contribution < 1.29 is 17.9 Å². The minimum absolute atomic E-state index is 0.0291. The van der Waals surface area contributed by atoms with Crippen molar-refractivity contribution in [3.8, 4) is 5.75 Å². The molecule has 0 aliphatic carbocycles. The molecule has 1 aromatic carbocycles. The van der Waals surface area contributed by atoms with Crippen LogP contribution >= 0.6 is 23.2 Å². The third-order valence-corrected chi connectivity index (χ3v) is 4.73. The van der Waals surface area contributed by atoms with Crippen LogP contribution < -0.4 is 9.88 Å². The van der Waals surface area contributed by atoms with Gasteiger partial charge >= 0.3 is 0 Å². The first-order valence-corrected chi connectivity index (χ1v) is 8.52. The Bertz CT molecular complexity index is 624. The summed E-state index contributed by atoms with van der Waals surface area (Å²) in [6.07, 6.45) is -0.0727. The van der Waals surface area contributed by atoms with Gasteiger partial charge < -0.3 is 14.4 Å². The number of hydrogen-bond acceptors (Lipinski definition) is 5. The summed E-state index contributed by atoms with van der Waals surface area (Å²) in [7, 11) is -1.92. The molecule has 1 atom stereocenters. The second-order valence-electron chi connectivity index (χ2n) is 4.82. The van der Waals surface area contributed by atoms with Gasteiger partial charge in [0.25, 0.3) is 0 Å². The standard InChI is InChI=1S/C12H16Cl2N2O4S/c1-16-2-3-19-8(6-16)7-20-11-4-10(14)12(5-9(11)13)21(15,17)18/h4-5,8H,2-3,6-7H2,1H3,(H2,15,17,18). The fourth-order valence-corrected chi connectivity index (χ4v) is 3.36. The molecular weight excluding hydrogens is 339 g/mol. The van der Waals surface area contributed by atoms with Gasteiger partial charge in [0, 0.05) is 19.2 Å². The van der Waals surface area contributed by atoms with Crippen LogP contribution in [0.2, 0.25) is 10.0 Å². The number of hydrogen-bond donors (Lipinski definition) is 1. The van der Waals surface area contributed by atoms with Crippen LogP contribution in [0.25, 0.3) is 0 Å². The summed E-state index contributed by atoms with van der Waals surface area (Å²) >= 11 is 11.9. The number of ether oxygens (including phenoxy) is 2. The van der Waals surface area contributed by atoms with Crippen LogP contribution in [0.3, 0.4) is 0 Å². The Hall–Kier alpha value is -0.570. The Labute approximate surface area is 133 Å². The topological polar surface area (TPSA) is 81.9 Å². The third kappa shape index (κ3) is 4.45. The predicted molar refractivity (Wildman–Crippen MR) is 80.6 cm³/mol. The summed E-state index contributed by atoms with van der Waals surface area (Å²) in [5, 5.41) is 5.15. The van der Waals surface area contributed by atoms with E-state index in [1.165, 1.54) is 12.1 Å². The highest BCUT2D eigenvalue weighted by atomic mass is 35.5. The van der Waals surface area contributed by atoms with Crippen LogP contribution in [0.1, 0.15) is 0 Å². The van der Waals surface area contributed by atoms with E-state index in [9.17, 15) is 8.42 Å². The monoisotopic (exact) mass is 354 g/mol. The van der Waals surface area contributed by atoms with Crippen LogP contribution in [0, 0.1) is 0 Å². The lowest BCUT2D eigenvalue weighted by Gasteiger charge is -2.29. The number of benzene rings is 1. The molecule has 0 saturated carbocycles. The van der Waals surface area contributed by atoms with E-state index >= 15 is 0 Å². The van der Waals surface area contributed by atoms with Crippen molar-refractivity contribution in [2.24, 2.45) is 5.14 Å². The molecule has 0 amide bonds. The first kappa shape index (κ1) is 16.8.